The van der Waals surface area contributed by atoms with Gasteiger partial charge in [-0.2, -0.15) is 0 Å². The first-order valence-electron chi connectivity index (χ1n) is 7.45. The van der Waals surface area contributed by atoms with Crippen molar-refractivity contribution in [1.29, 1.82) is 0 Å². The monoisotopic (exact) mass is 386 g/mol. The van der Waals surface area contributed by atoms with E-state index < -0.39 is 23.9 Å². The molecule has 10 heteroatoms. The first kappa shape index (κ1) is 22.3. The zero-order valence-electron chi connectivity index (χ0n) is 13.2. The topological polar surface area (TPSA) is 156 Å². The predicted octanol–water partition coefficient (Wildman–Crippen LogP) is -1.88. The number of amides is 2. The zero-order chi connectivity index (χ0) is 17.1. The summed E-state index contributed by atoms with van der Waals surface area (Å²) in [5.41, 5.74) is 11.3. The van der Waals surface area contributed by atoms with Crippen LogP contribution in [0.15, 0.2) is 12.5 Å². The van der Waals surface area contributed by atoms with E-state index in [9.17, 15) is 14.4 Å². The molecular formula is C14H23CuN6O3. The Morgan fingerprint density at radius 1 is 1.29 bits per heavy atom. The van der Waals surface area contributed by atoms with Gasteiger partial charge in [-0.1, -0.05) is 18.9 Å². The number of hydrogen-bond acceptors (Lipinski definition) is 6. The summed E-state index contributed by atoms with van der Waals surface area (Å²) in [6, 6.07) is -1.58. The van der Waals surface area contributed by atoms with Crippen molar-refractivity contribution in [2.75, 3.05) is 13.1 Å². The van der Waals surface area contributed by atoms with E-state index in [1.165, 1.54) is 6.33 Å². The van der Waals surface area contributed by atoms with Gasteiger partial charge in [0.2, 0.25) is 11.8 Å². The van der Waals surface area contributed by atoms with Crippen molar-refractivity contribution in [1.82, 2.24) is 20.6 Å². The maximum absolute atomic E-state index is 12.3. The summed E-state index contributed by atoms with van der Waals surface area (Å²) in [4.78, 5) is 41.5. The molecule has 0 aliphatic carbocycles. The first-order chi connectivity index (χ1) is 11.1. The molecule has 0 spiro atoms. The number of hydrogen-bond donors (Lipinski definition) is 5. The third-order valence-corrected chi connectivity index (χ3v) is 3.22. The molecule has 0 unspecified atom stereocenters. The van der Waals surface area contributed by atoms with Crippen LogP contribution in [0, 0.1) is 0 Å². The third kappa shape index (κ3) is 8.21. The maximum Gasteiger partial charge on any atom is 1.00 e. The first-order valence-corrected chi connectivity index (χ1v) is 7.45. The summed E-state index contributed by atoms with van der Waals surface area (Å²) in [6.45, 7) is 0.293. The summed E-state index contributed by atoms with van der Waals surface area (Å²) < 4.78 is 0. The summed E-state index contributed by atoms with van der Waals surface area (Å²) in [5, 5.41) is 5.10. The normalized spacial score (nSPS) is 12.6. The Labute approximate surface area is 151 Å². The smallest absolute Gasteiger partial charge is 0.540 e. The van der Waals surface area contributed by atoms with E-state index in [0.717, 1.165) is 6.42 Å². The van der Waals surface area contributed by atoms with E-state index in [-0.39, 0.29) is 30.0 Å². The van der Waals surface area contributed by atoms with Crippen molar-refractivity contribution in [3.8, 4) is 0 Å². The van der Waals surface area contributed by atoms with Gasteiger partial charge in [-0.05, 0) is 13.0 Å². The molecule has 138 valence electrons. The fourth-order valence-corrected chi connectivity index (χ4v) is 2.00. The number of imidazole rings is 1. The van der Waals surface area contributed by atoms with Gasteiger partial charge < -0.3 is 31.9 Å². The largest absolute Gasteiger partial charge is 1.00 e. The van der Waals surface area contributed by atoms with Crippen molar-refractivity contribution >= 4 is 18.1 Å². The Morgan fingerprint density at radius 2 is 2.04 bits per heavy atom. The number of H-pyrrole nitrogens is 1. The summed E-state index contributed by atoms with van der Waals surface area (Å²) in [6.07, 6.45) is 6.96. The van der Waals surface area contributed by atoms with Crippen LogP contribution >= 0.6 is 0 Å². The molecule has 0 saturated carbocycles. The van der Waals surface area contributed by atoms with E-state index in [1.54, 1.807) is 12.5 Å². The molecule has 7 N–H and O–H groups in total. The fraction of sp³-hybridized carbons (Fsp3) is 0.571. The number of unbranched alkanes of at least 4 members (excludes halogenated alkanes) is 1. The van der Waals surface area contributed by atoms with Gasteiger partial charge in [-0.25, -0.2) is 11.3 Å². The van der Waals surface area contributed by atoms with Crippen molar-refractivity contribution in [3.05, 3.63) is 18.2 Å². The van der Waals surface area contributed by atoms with Gasteiger partial charge in [-0.15, -0.1) is 0 Å². The van der Waals surface area contributed by atoms with Crippen LogP contribution in [0.4, 0.5) is 0 Å². The van der Waals surface area contributed by atoms with Crippen LogP contribution in [0.2, 0.25) is 0 Å². The molecule has 9 nitrogen and oxygen atoms in total. The molecule has 1 aromatic heterocycles. The van der Waals surface area contributed by atoms with Gasteiger partial charge in [-0.3, -0.25) is 9.59 Å². The van der Waals surface area contributed by atoms with E-state index in [1.807, 2.05) is 0 Å². The van der Waals surface area contributed by atoms with Gasteiger partial charge in [0.15, 0.2) is 0 Å². The fourth-order valence-electron chi connectivity index (χ4n) is 2.00. The summed E-state index contributed by atoms with van der Waals surface area (Å²) in [5.74, 6) is -0.929. The van der Waals surface area contributed by atoms with E-state index in [2.05, 4.69) is 20.6 Å². The molecule has 0 aromatic carbocycles. The maximum atomic E-state index is 12.3. The Balaban J connectivity index is 0.00000529. The second-order valence-corrected chi connectivity index (χ2v) is 5.07. The molecular weight excluding hydrogens is 364 g/mol. The molecule has 0 aliphatic rings. The quantitative estimate of drug-likeness (QED) is 0.170. The zero-order valence-corrected chi connectivity index (χ0v) is 14.1. The average Bonchev–Trinajstić information content (AvgIpc) is 3.06. The number of carbonyl (C=O) groups excluding carboxylic acids is 3. The Morgan fingerprint density at radius 3 is 2.58 bits per heavy atom. The molecule has 0 radical (unpaired) electrons. The summed E-state index contributed by atoms with van der Waals surface area (Å²) in [7, 11) is 0. The molecule has 1 aromatic rings. The molecule has 24 heavy (non-hydrogen) atoms. The molecule has 2 atom stereocenters. The van der Waals surface area contributed by atoms with Gasteiger partial charge in [0.25, 0.3) is 0 Å². The van der Waals surface area contributed by atoms with Crippen LogP contribution < -0.4 is 22.1 Å². The molecule has 0 fully saturated rings. The number of aromatic amines is 1. The van der Waals surface area contributed by atoms with Crippen molar-refractivity contribution in [2.45, 2.75) is 37.8 Å². The number of rotatable bonds is 11. The summed E-state index contributed by atoms with van der Waals surface area (Å²) >= 11 is 0. The molecule has 0 bridgehead atoms. The Bertz CT molecular complexity index is 497. The van der Waals surface area contributed by atoms with Gasteiger partial charge >= 0.3 is 17.1 Å². The van der Waals surface area contributed by atoms with Gasteiger partial charge in [0, 0.05) is 18.3 Å². The minimum absolute atomic E-state index is 0. The van der Waals surface area contributed by atoms with E-state index in [4.69, 9.17) is 11.5 Å². The van der Waals surface area contributed by atoms with Crippen molar-refractivity contribution in [3.63, 3.8) is 0 Å². The molecule has 1 heterocycles. The minimum atomic E-state index is -0.850. The van der Waals surface area contributed by atoms with Crippen LogP contribution in [0.3, 0.4) is 0 Å². The Kier molecular flexibility index (Phi) is 11.7. The van der Waals surface area contributed by atoms with E-state index in [0.29, 0.717) is 25.1 Å². The van der Waals surface area contributed by atoms with E-state index >= 15 is 0 Å². The number of nitrogens with one attached hydrogen (secondary N) is 3. The Hall–Kier alpha value is -1.74. The molecule has 1 rings (SSSR count). The second kappa shape index (κ2) is 12.7. The second-order valence-electron chi connectivity index (χ2n) is 5.07. The number of nitrogens with zero attached hydrogens (tertiary/aromatic N) is 1. The van der Waals surface area contributed by atoms with Crippen LogP contribution in [0.25, 0.3) is 0 Å². The SMILES string of the molecule is NCCCC[C@@H]([C-]=O)NC(=O)[C@H](Cc1cnc[nH]1)NC(=O)CN.[Cu+]. The molecule has 2 amide bonds. The standard InChI is InChI=1S/C14H23N6O3.Cu/c15-4-2-1-3-10(8-21)19-14(23)12(20-13(22)6-16)5-11-7-17-9-18-11;/h7,9-10,12H,1-6,15-16H2,(H,17,18)(H,19,23)(H,20,22);/q-1;+1/t10-,12-;/m0./s1. The number of nitrogens with two attached hydrogens (primary N) is 2. The predicted molar refractivity (Wildman–Crippen MR) is 83.8 cm³/mol. The van der Waals surface area contributed by atoms with Crippen LogP contribution in [0.1, 0.15) is 25.0 Å². The minimum Gasteiger partial charge on any atom is -0.540 e. The average molecular weight is 387 g/mol. The molecule has 0 aliphatic heterocycles. The van der Waals surface area contributed by atoms with Crippen molar-refractivity contribution in [2.24, 2.45) is 11.5 Å². The van der Waals surface area contributed by atoms with Crippen LogP contribution in [-0.2, 0) is 37.9 Å². The third-order valence-electron chi connectivity index (χ3n) is 3.22. The molecule has 0 saturated heterocycles. The number of carbonyl (C=O) groups is 2. The van der Waals surface area contributed by atoms with Crippen molar-refractivity contribution < 1.29 is 31.5 Å². The van der Waals surface area contributed by atoms with Crippen LogP contribution in [0.5, 0.6) is 0 Å². The van der Waals surface area contributed by atoms with Gasteiger partial charge in [0.05, 0.1) is 12.9 Å². The number of aromatic nitrogens is 2. The van der Waals surface area contributed by atoms with Crippen LogP contribution in [-0.4, -0.2) is 53.2 Å². The van der Waals surface area contributed by atoms with Gasteiger partial charge in [0.1, 0.15) is 6.04 Å².